The molecule has 1 aromatic heterocycles. The normalized spacial score (nSPS) is 22.5. The van der Waals surface area contributed by atoms with Crippen molar-refractivity contribution in [2.24, 2.45) is 0 Å². The summed E-state index contributed by atoms with van der Waals surface area (Å²) in [5, 5.41) is 0. The summed E-state index contributed by atoms with van der Waals surface area (Å²) in [7, 11) is 0. The van der Waals surface area contributed by atoms with Gasteiger partial charge in [0, 0.05) is 26.8 Å². The SMILES string of the molecule is Cc1sc(C)c(C2CCOC2)c1Br. The van der Waals surface area contributed by atoms with Crippen molar-refractivity contribution in [1.29, 1.82) is 0 Å². The summed E-state index contributed by atoms with van der Waals surface area (Å²) in [6.07, 6.45) is 1.18. The molecule has 1 aromatic rings. The Balaban J connectivity index is 2.37. The van der Waals surface area contributed by atoms with E-state index in [1.807, 2.05) is 11.3 Å². The second-order valence-corrected chi connectivity index (χ2v) is 5.72. The molecule has 72 valence electrons. The maximum Gasteiger partial charge on any atom is 0.0536 e. The molecule has 0 aromatic carbocycles. The van der Waals surface area contributed by atoms with E-state index in [4.69, 9.17) is 4.74 Å². The average Bonchev–Trinajstić information content (AvgIpc) is 2.63. The molecule has 1 aliphatic rings. The van der Waals surface area contributed by atoms with Gasteiger partial charge in [-0.1, -0.05) is 0 Å². The average molecular weight is 261 g/mol. The van der Waals surface area contributed by atoms with E-state index in [0.29, 0.717) is 5.92 Å². The molecule has 0 aliphatic carbocycles. The van der Waals surface area contributed by atoms with Crippen LogP contribution in [0.5, 0.6) is 0 Å². The molecule has 13 heavy (non-hydrogen) atoms. The highest BCUT2D eigenvalue weighted by atomic mass is 79.9. The molecule has 2 heterocycles. The van der Waals surface area contributed by atoms with Gasteiger partial charge >= 0.3 is 0 Å². The van der Waals surface area contributed by atoms with Crippen LogP contribution in [0.25, 0.3) is 0 Å². The van der Waals surface area contributed by atoms with Gasteiger partial charge in [-0.15, -0.1) is 11.3 Å². The van der Waals surface area contributed by atoms with E-state index in [-0.39, 0.29) is 0 Å². The van der Waals surface area contributed by atoms with Crippen LogP contribution in [-0.2, 0) is 4.74 Å². The van der Waals surface area contributed by atoms with E-state index in [9.17, 15) is 0 Å². The van der Waals surface area contributed by atoms with Crippen LogP contribution in [0.15, 0.2) is 4.47 Å². The summed E-state index contributed by atoms with van der Waals surface area (Å²) in [6.45, 7) is 6.19. The summed E-state index contributed by atoms with van der Waals surface area (Å²) in [6, 6.07) is 0. The van der Waals surface area contributed by atoms with E-state index in [0.717, 1.165) is 13.2 Å². The zero-order valence-corrected chi connectivity index (χ0v) is 10.3. The second kappa shape index (κ2) is 3.71. The third-order valence-corrected chi connectivity index (χ3v) is 4.89. The molecule has 1 unspecified atom stereocenters. The molecule has 0 radical (unpaired) electrons. The topological polar surface area (TPSA) is 9.23 Å². The standard InChI is InChI=1S/C10H13BrOS/c1-6-9(8-3-4-12-5-8)10(11)7(2)13-6/h8H,3-5H2,1-2H3. The van der Waals surface area contributed by atoms with Crippen LogP contribution in [0.1, 0.15) is 27.7 Å². The first-order valence-corrected chi connectivity index (χ1v) is 6.14. The van der Waals surface area contributed by atoms with Crippen molar-refractivity contribution in [3.05, 3.63) is 19.8 Å². The lowest BCUT2D eigenvalue weighted by molar-refractivity contribution is 0.194. The summed E-state index contributed by atoms with van der Waals surface area (Å²) in [5.41, 5.74) is 1.49. The summed E-state index contributed by atoms with van der Waals surface area (Å²) >= 11 is 5.55. The number of hydrogen-bond donors (Lipinski definition) is 0. The van der Waals surface area contributed by atoms with Crippen LogP contribution in [0.2, 0.25) is 0 Å². The van der Waals surface area contributed by atoms with Gasteiger partial charge in [0.2, 0.25) is 0 Å². The first-order chi connectivity index (χ1) is 6.20. The molecule has 3 heteroatoms. The number of hydrogen-bond acceptors (Lipinski definition) is 2. The van der Waals surface area contributed by atoms with Crippen LogP contribution in [0.3, 0.4) is 0 Å². The van der Waals surface area contributed by atoms with Crippen LogP contribution >= 0.6 is 27.3 Å². The van der Waals surface area contributed by atoms with Crippen LogP contribution in [0.4, 0.5) is 0 Å². The fourth-order valence-electron chi connectivity index (χ4n) is 1.90. The molecule has 1 aliphatic heterocycles. The minimum atomic E-state index is 0.624. The summed E-state index contributed by atoms with van der Waals surface area (Å²) < 4.78 is 6.73. The lowest BCUT2D eigenvalue weighted by Gasteiger charge is -2.07. The predicted molar refractivity (Wildman–Crippen MR) is 59.7 cm³/mol. The Hall–Kier alpha value is 0.140. The fraction of sp³-hybridized carbons (Fsp3) is 0.600. The van der Waals surface area contributed by atoms with Crippen molar-refractivity contribution < 1.29 is 4.74 Å². The van der Waals surface area contributed by atoms with Gasteiger partial charge in [0.25, 0.3) is 0 Å². The molecular weight excluding hydrogens is 248 g/mol. The van der Waals surface area contributed by atoms with Gasteiger partial charge < -0.3 is 4.74 Å². The van der Waals surface area contributed by atoms with Crippen LogP contribution < -0.4 is 0 Å². The highest BCUT2D eigenvalue weighted by Gasteiger charge is 2.24. The van der Waals surface area contributed by atoms with Gasteiger partial charge in [0.05, 0.1) is 6.61 Å². The van der Waals surface area contributed by atoms with Gasteiger partial charge in [-0.2, -0.15) is 0 Å². The van der Waals surface area contributed by atoms with Gasteiger partial charge in [0.1, 0.15) is 0 Å². The zero-order valence-electron chi connectivity index (χ0n) is 7.89. The Morgan fingerprint density at radius 3 is 2.62 bits per heavy atom. The number of ether oxygens (including phenoxy) is 1. The molecule has 1 saturated heterocycles. The molecule has 1 nitrogen and oxygen atoms in total. The number of rotatable bonds is 1. The van der Waals surface area contributed by atoms with Gasteiger partial charge in [-0.3, -0.25) is 0 Å². The number of halogens is 1. The molecule has 2 rings (SSSR count). The Labute approximate surface area is 91.2 Å². The molecule has 1 atom stereocenters. The summed E-state index contributed by atoms with van der Waals surface area (Å²) in [4.78, 5) is 2.83. The molecule has 0 N–H and O–H groups in total. The smallest absolute Gasteiger partial charge is 0.0536 e. The van der Waals surface area contributed by atoms with Crippen molar-refractivity contribution in [3.8, 4) is 0 Å². The second-order valence-electron chi connectivity index (χ2n) is 3.50. The van der Waals surface area contributed by atoms with E-state index >= 15 is 0 Å². The van der Waals surface area contributed by atoms with Gasteiger partial charge in [0.15, 0.2) is 0 Å². The highest BCUT2D eigenvalue weighted by Crippen LogP contribution is 2.39. The zero-order chi connectivity index (χ0) is 9.42. The lowest BCUT2D eigenvalue weighted by atomic mass is 9.99. The molecule has 1 fully saturated rings. The highest BCUT2D eigenvalue weighted by molar-refractivity contribution is 9.10. The van der Waals surface area contributed by atoms with Gasteiger partial charge in [-0.25, -0.2) is 0 Å². The largest absolute Gasteiger partial charge is 0.381 e. The molecular formula is C10H13BrOS. The van der Waals surface area contributed by atoms with Crippen molar-refractivity contribution in [2.45, 2.75) is 26.2 Å². The third-order valence-electron chi connectivity index (χ3n) is 2.57. The quantitative estimate of drug-likeness (QED) is 0.750. The van der Waals surface area contributed by atoms with Crippen molar-refractivity contribution in [3.63, 3.8) is 0 Å². The minimum absolute atomic E-state index is 0.624. The third kappa shape index (κ3) is 1.69. The minimum Gasteiger partial charge on any atom is -0.381 e. The summed E-state index contributed by atoms with van der Waals surface area (Å²) in [5.74, 6) is 0.624. The first-order valence-electron chi connectivity index (χ1n) is 4.53. The molecule has 0 spiro atoms. The Bertz CT molecular complexity index is 313. The first kappa shape index (κ1) is 9.69. The monoisotopic (exact) mass is 260 g/mol. The predicted octanol–water partition coefficient (Wildman–Crippen LogP) is 3.63. The maximum absolute atomic E-state index is 5.41. The lowest BCUT2D eigenvalue weighted by Crippen LogP contribution is -1.98. The Morgan fingerprint density at radius 2 is 2.15 bits per heavy atom. The number of thiophene rings is 1. The van der Waals surface area contributed by atoms with E-state index in [1.54, 1.807) is 0 Å². The van der Waals surface area contributed by atoms with Gasteiger partial charge in [-0.05, 0) is 41.8 Å². The molecule has 0 saturated carbocycles. The molecule has 0 amide bonds. The van der Waals surface area contributed by atoms with Crippen molar-refractivity contribution in [2.75, 3.05) is 13.2 Å². The van der Waals surface area contributed by atoms with Crippen molar-refractivity contribution >= 4 is 27.3 Å². The Morgan fingerprint density at radius 1 is 1.38 bits per heavy atom. The maximum atomic E-state index is 5.41. The van der Waals surface area contributed by atoms with Crippen molar-refractivity contribution in [1.82, 2.24) is 0 Å². The van der Waals surface area contributed by atoms with Crippen LogP contribution in [0, 0.1) is 13.8 Å². The van der Waals surface area contributed by atoms with E-state index in [1.165, 1.54) is 26.2 Å². The Kier molecular flexibility index (Phi) is 2.77. The molecule has 0 bridgehead atoms. The van der Waals surface area contributed by atoms with Crippen LogP contribution in [-0.4, -0.2) is 13.2 Å². The fourth-order valence-corrected chi connectivity index (χ4v) is 3.94. The number of aryl methyl sites for hydroxylation is 2. The van der Waals surface area contributed by atoms with E-state index < -0.39 is 0 Å². The van der Waals surface area contributed by atoms with E-state index in [2.05, 4.69) is 29.8 Å².